The van der Waals surface area contributed by atoms with Crippen LogP contribution in [0.15, 0.2) is 24.4 Å². The van der Waals surface area contributed by atoms with Gasteiger partial charge in [-0.1, -0.05) is 13.0 Å². The number of pyridine rings is 1. The molecule has 126 valence electrons. The van der Waals surface area contributed by atoms with Crippen LogP contribution in [0.2, 0.25) is 0 Å². The summed E-state index contributed by atoms with van der Waals surface area (Å²) in [6, 6.07) is 6.04. The molecular weight excluding hydrogens is 290 g/mol. The normalized spacial score (nSPS) is 25.9. The van der Waals surface area contributed by atoms with Gasteiger partial charge in [-0.05, 0) is 44.4 Å². The van der Waals surface area contributed by atoms with Crippen molar-refractivity contribution in [2.24, 2.45) is 5.92 Å². The van der Waals surface area contributed by atoms with E-state index in [0.29, 0.717) is 5.92 Å². The average molecular weight is 317 g/mol. The summed E-state index contributed by atoms with van der Waals surface area (Å²) >= 11 is 0. The molecular formula is C18H27N3O2. The van der Waals surface area contributed by atoms with Gasteiger partial charge >= 0.3 is 5.97 Å². The van der Waals surface area contributed by atoms with Crippen molar-refractivity contribution in [1.29, 1.82) is 0 Å². The summed E-state index contributed by atoms with van der Waals surface area (Å²) in [5.41, 5.74) is 0. The third kappa shape index (κ3) is 3.83. The van der Waals surface area contributed by atoms with Crippen LogP contribution in [-0.4, -0.2) is 54.2 Å². The Morgan fingerprint density at radius 3 is 2.70 bits per heavy atom. The lowest BCUT2D eigenvalue weighted by Crippen LogP contribution is -2.44. The molecule has 2 aliphatic rings. The number of likely N-dealkylation sites (N-methyl/N-ethyl adjacent to an activating group) is 1. The molecule has 0 aliphatic carbocycles. The molecule has 0 amide bonds. The van der Waals surface area contributed by atoms with Gasteiger partial charge in [0.25, 0.3) is 0 Å². The Balaban J connectivity index is 1.52. The van der Waals surface area contributed by atoms with E-state index in [9.17, 15) is 4.79 Å². The van der Waals surface area contributed by atoms with E-state index in [4.69, 9.17) is 4.74 Å². The highest BCUT2D eigenvalue weighted by Gasteiger charge is 2.36. The molecule has 5 nitrogen and oxygen atoms in total. The van der Waals surface area contributed by atoms with Gasteiger partial charge in [-0.15, -0.1) is 0 Å². The molecule has 2 aliphatic heterocycles. The van der Waals surface area contributed by atoms with Gasteiger partial charge in [0.15, 0.2) is 0 Å². The first-order chi connectivity index (χ1) is 11.2. The zero-order chi connectivity index (χ0) is 16.2. The van der Waals surface area contributed by atoms with E-state index in [2.05, 4.69) is 27.8 Å². The number of anilines is 1. The van der Waals surface area contributed by atoms with Crippen LogP contribution in [0, 0.1) is 5.92 Å². The highest BCUT2D eigenvalue weighted by Crippen LogP contribution is 2.25. The molecule has 2 fully saturated rings. The third-order valence-corrected chi connectivity index (χ3v) is 5.07. The number of ether oxygens (including phenoxy) is 1. The van der Waals surface area contributed by atoms with Gasteiger partial charge in [-0.3, -0.25) is 9.69 Å². The van der Waals surface area contributed by atoms with Gasteiger partial charge in [0.05, 0.1) is 0 Å². The molecule has 3 rings (SSSR count). The van der Waals surface area contributed by atoms with Crippen molar-refractivity contribution in [1.82, 2.24) is 9.88 Å². The number of aromatic nitrogens is 1. The van der Waals surface area contributed by atoms with E-state index in [-0.39, 0.29) is 18.1 Å². The van der Waals surface area contributed by atoms with E-state index in [0.717, 1.165) is 51.3 Å². The second kappa shape index (κ2) is 7.30. The summed E-state index contributed by atoms with van der Waals surface area (Å²) in [5, 5.41) is 0. The maximum absolute atomic E-state index is 12.0. The standard InChI is InChI=1S/C18H27N3O2/c1-3-20(16-12-14(2)23-18(16)22)13-15-7-10-21(11-8-15)17-6-4-5-9-19-17/h4-6,9,14-16H,3,7-8,10-13H2,1-2H3/t14-,16-/m1/s1. The number of cyclic esters (lactones) is 1. The lowest BCUT2D eigenvalue weighted by atomic mass is 9.95. The fourth-order valence-electron chi connectivity index (χ4n) is 3.73. The maximum atomic E-state index is 12.0. The Morgan fingerprint density at radius 2 is 2.13 bits per heavy atom. The SMILES string of the molecule is CCN(CC1CCN(c2ccccn2)CC1)[C@@H]1C[C@@H](C)OC1=O. The molecule has 0 saturated carbocycles. The molecule has 5 heteroatoms. The Hall–Kier alpha value is -1.62. The quantitative estimate of drug-likeness (QED) is 0.780. The third-order valence-electron chi connectivity index (χ3n) is 5.07. The predicted octanol–water partition coefficient (Wildman–Crippen LogP) is 2.32. The molecule has 0 aromatic carbocycles. The lowest BCUT2D eigenvalue weighted by molar-refractivity contribution is -0.144. The van der Waals surface area contributed by atoms with Crippen LogP contribution in [0.3, 0.4) is 0 Å². The summed E-state index contributed by atoms with van der Waals surface area (Å²) in [5.74, 6) is 1.69. The van der Waals surface area contributed by atoms with Crippen molar-refractivity contribution in [3.05, 3.63) is 24.4 Å². The molecule has 0 spiro atoms. The lowest BCUT2D eigenvalue weighted by Gasteiger charge is -2.36. The Kier molecular flexibility index (Phi) is 5.16. The summed E-state index contributed by atoms with van der Waals surface area (Å²) in [4.78, 5) is 21.1. The largest absolute Gasteiger partial charge is 0.461 e. The second-order valence-electron chi connectivity index (χ2n) is 6.70. The summed E-state index contributed by atoms with van der Waals surface area (Å²) in [7, 11) is 0. The van der Waals surface area contributed by atoms with E-state index >= 15 is 0 Å². The molecule has 0 N–H and O–H groups in total. The van der Waals surface area contributed by atoms with Gasteiger partial charge in [-0.25, -0.2) is 4.98 Å². The minimum atomic E-state index is -0.0381. The number of hydrogen-bond donors (Lipinski definition) is 0. The smallest absolute Gasteiger partial charge is 0.323 e. The summed E-state index contributed by atoms with van der Waals surface area (Å²) < 4.78 is 5.32. The van der Waals surface area contributed by atoms with Crippen LogP contribution < -0.4 is 4.90 Å². The van der Waals surface area contributed by atoms with Crippen LogP contribution in [0.1, 0.15) is 33.1 Å². The number of carbonyl (C=O) groups excluding carboxylic acids is 1. The first-order valence-electron chi connectivity index (χ1n) is 8.78. The number of hydrogen-bond acceptors (Lipinski definition) is 5. The molecule has 1 aromatic rings. The number of carbonyl (C=O) groups is 1. The van der Waals surface area contributed by atoms with E-state index < -0.39 is 0 Å². The molecule has 2 saturated heterocycles. The van der Waals surface area contributed by atoms with Crippen LogP contribution in [0.4, 0.5) is 5.82 Å². The zero-order valence-electron chi connectivity index (χ0n) is 14.1. The summed E-state index contributed by atoms with van der Waals surface area (Å²) in [6.07, 6.45) is 5.06. The molecule has 0 radical (unpaired) electrons. The predicted molar refractivity (Wildman–Crippen MR) is 90.4 cm³/mol. The van der Waals surface area contributed by atoms with Gasteiger partial charge in [0, 0.05) is 32.3 Å². The van der Waals surface area contributed by atoms with Crippen LogP contribution >= 0.6 is 0 Å². The Bertz CT molecular complexity index is 514. The van der Waals surface area contributed by atoms with Crippen LogP contribution in [0.25, 0.3) is 0 Å². The van der Waals surface area contributed by atoms with Crippen molar-refractivity contribution in [3.8, 4) is 0 Å². The van der Waals surface area contributed by atoms with Crippen LogP contribution in [-0.2, 0) is 9.53 Å². The fraction of sp³-hybridized carbons (Fsp3) is 0.667. The van der Waals surface area contributed by atoms with E-state index in [1.807, 2.05) is 25.3 Å². The molecule has 1 aromatic heterocycles. The van der Waals surface area contributed by atoms with Gasteiger partial charge in [0.1, 0.15) is 18.0 Å². The topological polar surface area (TPSA) is 45.7 Å². The average Bonchev–Trinajstić information content (AvgIpc) is 2.92. The van der Waals surface area contributed by atoms with Gasteiger partial charge < -0.3 is 9.64 Å². The molecule has 2 atom stereocenters. The van der Waals surface area contributed by atoms with Gasteiger partial charge in [-0.2, -0.15) is 0 Å². The van der Waals surface area contributed by atoms with Crippen molar-refractivity contribution in [2.45, 2.75) is 45.3 Å². The highest BCUT2D eigenvalue weighted by atomic mass is 16.6. The first-order valence-corrected chi connectivity index (χ1v) is 8.78. The van der Waals surface area contributed by atoms with E-state index in [1.165, 1.54) is 0 Å². The highest BCUT2D eigenvalue weighted by molar-refractivity contribution is 5.77. The van der Waals surface area contributed by atoms with Crippen molar-refractivity contribution in [3.63, 3.8) is 0 Å². The monoisotopic (exact) mass is 317 g/mol. The minimum Gasteiger partial charge on any atom is -0.461 e. The van der Waals surface area contributed by atoms with Gasteiger partial charge in [0.2, 0.25) is 0 Å². The second-order valence-corrected chi connectivity index (χ2v) is 6.70. The molecule has 0 unspecified atom stereocenters. The molecule has 3 heterocycles. The zero-order valence-corrected chi connectivity index (χ0v) is 14.1. The maximum Gasteiger partial charge on any atom is 0.323 e. The van der Waals surface area contributed by atoms with Crippen molar-refractivity contribution >= 4 is 11.8 Å². The molecule has 23 heavy (non-hydrogen) atoms. The number of nitrogens with zero attached hydrogens (tertiary/aromatic N) is 3. The number of rotatable bonds is 5. The summed E-state index contributed by atoms with van der Waals surface area (Å²) in [6.45, 7) is 8.12. The minimum absolute atomic E-state index is 0.0368. The van der Waals surface area contributed by atoms with Crippen LogP contribution in [0.5, 0.6) is 0 Å². The Morgan fingerprint density at radius 1 is 1.35 bits per heavy atom. The van der Waals surface area contributed by atoms with Crippen molar-refractivity contribution in [2.75, 3.05) is 31.1 Å². The van der Waals surface area contributed by atoms with Crippen molar-refractivity contribution < 1.29 is 9.53 Å². The Labute approximate surface area is 138 Å². The molecule has 0 bridgehead atoms. The van der Waals surface area contributed by atoms with E-state index in [1.54, 1.807) is 0 Å². The first kappa shape index (κ1) is 16.2. The number of esters is 1. The number of piperidine rings is 1. The fourth-order valence-corrected chi connectivity index (χ4v) is 3.73.